The summed E-state index contributed by atoms with van der Waals surface area (Å²) in [6, 6.07) is 10.1. The second-order valence-corrected chi connectivity index (χ2v) is 8.71. The number of amides is 2. The van der Waals surface area contributed by atoms with E-state index in [-0.39, 0.29) is 13.0 Å². The van der Waals surface area contributed by atoms with Crippen LogP contribution in [0.4, 0.5) is 26.6 Å². The van der Waals surface area contributed by atoms with Gasteiger partial charge in [0.05, 0.1) is 12.2 Å². The van der Waals surface area contributed by atoms with Crippen molar-refractivity contribution < 1.29 is 18.7 Å². The second kappa shape index (κ2) is 10.1. The number of rotatable bonds is 7. The molecule has 2 aliphatic heterocycles. The first kappa shape index (κ1) is 23.5. The fourth-order valence-corrected chi connectivity index (χ4v) is 4.41. The number of carbonyl (C=O) groups excluding carboxylic acids is 2. The summed E-state index contributed by atoms with van der Waals surface area (Å²) in [4.78, 5) is 42.1. The average Bonchev–Trinajstić information content (AvgIpc) is 3.28. The number of piperazine rings is 1. The lowest BCUT2D eigenvalue weighted by molar-refractivity contribution is -0.118. The first-order valence-electron chi connectivity index (χ1n) is 11.8. The van der Waals surface area contributed by atoms with Crippen molar-refractivity contribution in [3.8, 4) is 11.1 Å². The van der Waals surface area contributed by atoms with Gasteiger partial charge in [-0.1, -0.05) is 0 Å². The minimum absolute atomic E-state index is 0.124. The third kappa shape index (κ3) is 5.04. The van der Waals surface area contributed by atoms with Gasteiger partial charge in [0.2, 0.25) is 11.9 Å². The Balaban J connectivity index is 1.22. The third-order valence-electron chi connectivity index (χ3n) is 6.35. The molecule has 1 unspecified atom stereocenters. The molecule has 1 atom stereocenters. The molecule has 2 aromatic heterocycles. The Kier molecular flexibility index (Phi) is 6.61. The molecule has 11 heteroatoms. The first-order valence-corrected chi connectivity index (χ1v) is 11.8. The Bertz CT molecular complexity index is 1230. The van der Waals surface area contributed by atoms with E-state index >= 15 is 4.39 Å². The van der Waals surface area contributed by atoms with Crippen molar-refractivity contribution in [1.29, 1.82) is 0 Å². The molecule has 10 nitrogen and oxygen atoms in total. The zero-order valence-corrected chi connectivity index (χ0v) is 19.6. The monoisotopic (exact) mass is 491 g/mol. The van der Waals surface area contributed by atoms with Gasteiger partial charge in [-0.3, -0.25) is 9.69 Å². The van der Waals surface area contributed by atoms with Crippen LogP contribution in [0.1, 0.15) is 12.8 Å². The number of pyridine rings is 1. The van der Waals surface area contributed by atoms with Crippen LogP contribution in [0.3, 0.4) is 0 Å². The van der Waals surface area contributed by atoms with Crippen molar-refractivity contribution in [1.82, 2.24) is 15.0 Å². The number of nitrogens with zero attached hydrogens (tertiary/aromatic N) is 6. The van der Waals surface area contributed by atoms with Crippen molar-refractivity contribution in [3.05, 3.63) is 60.8 Å². The quantitative estimate of drug-likeness (QED) is 0.536. The van der Waals surface area contributed by atoms with E-state index in [1.807, 2.05) is 12.1 Å². The van der Waals surface area contributed by atoms with Crippen LogP contribution in [0.2, 0.25) is 0 Å². The second-order valence-electron chi connectivity index (χ2n) is 8.71. The maximum absolute atomic E-state index is 15.0. The molecule has 0 radical (unpaired) electrons. The minimum atomic E-state index is -0.568. The molecular formula is C25H26FN7O3. The number of hydrogen-bond acceptors (Lipinski definition) is 8. The fourth-order valence-electron chi connectivity index (χ4n) is 4.41. The van der Waals surface area contributed by atoms with Crippen LogP contribution in [0.5, 0.6) is 0 Å². The molecule has 36 heavy (non-hydrogen) atoms. The molecule has 0 bridgehead atoms. The number of hydrogen-bond donors (Lipinski definition) is 1. The van der Waals surface area contributed by atoms with E-state index in [0.717, 1.165) is 37.9 Å². The highest BCUT2D eigenvalue weighted by molar-refractivity contribution is 5.90. The van der Waals surface area contributed by atoms with E-state index in [2.05, 4.69) is 24.8 Å². The normalized spacial score (nSPS) is 17.9. The van der Waals surface area contributed by atoms with Gasteiger partial charge in [0.15, 0.2) is 0 Å². The molecule has 2 aliphatic rings. The predicted molar refractivity (Wildman–Crippen MR) is 132 cm³/mol. The molecule has 5 rings (SSSR count). The summed E-state index contributed by atoms with van der Waals surface area (Å²) in [6.07, 6.45) is 4.57. The SMILES string of the molecule is NC(=O)CCC1CN(c2ccc(-c3ccc(N4CCN(c5ncccn5)CC4)nc3)c(F)c2)C(=O)O1. The maximum atomic E-state index is 15.0. The van der Waals surface area contributed by atoms with E-state index in [1.165, 1.54) is 11.0 Å². The van der Waals surface area contributed by atoms with Crippen molar-refractivity contribution in [2.75, 3.05) is 47.4 Å². The molecule has 0 saturated carbocycles. The van der Waals surface area contributed by atoms with E-state index in [1.54, 1.807) is 36.8 Å². The van der Waals surface area contributed by atoms with Crippen LogP contribution >= 0.6 is 0 Å². The average molecular weight is 492 g/mol. The molecular weight excluding hydrogens is 465 g/mol. The number of nitrogens with two attached hydrogens (primary N) is 1. The summed E-state index contributed by atoms with van der Waals surface area (Å²) in [6.45, 7) is 3.36. The highest BCUT2D eigenvalue weighted by Gasteiger charge is 2.32. The summed E-state index contributed by atoms with van der Waals surface area (Å²) in [5.41, 5.74) is 6.59. The molecule has 2 N–H and O–H groups in total. The van der Waals surface area contributed by atoms with Crippen molar-refractivity contribution in [3.63, 3.8) is 0 Å². The Hall–Kier alpha value is -4.28. The van der Waals surface area contributed by atoms with Gasteiger partial charge in [-0.15, -0.1) is 0 Å². The molecule has 2 amide bonds. The summed E-state index contributed by atoms with van der Waals surface area (Å²) in [5, 5.41) is 0. The third-order valence-corrected chi connectivity index (χ3v) is 6.35. The lowest BCUT2D eigenvalue weighted by atomic mass is 10.1. The molecule has 186 valence electrons. The number of anilines is 3. The van der Waals surface area contributed by atoms with Crippen molar-refractivity contribution in [2.45, 2.75) is 18.9 Å². The number of halogens is 1. The van der Waals surface area contributed by atoms with Crippen LogP contribution in [0.15, 0.2) is 55.0 Å². The van der Waals surface area contributed by atoms with Gasteiger partial charge in [0.25, 0.3) is 0 Å². The molecule has 0 spiro atoms. The van der Waals surface area contributed by atoms with Gasteiger partial charge >= 0.3 is 6.09 Å². The van der Waals surface area contributed by atoms with E-state index < -0.39 is 23.9 Å². The smallest absolute Gasteiger partial charge is 0.414 e. The van der Waals surface area contributed by atoms with Gasteiger partial charge in [-0.05, 0) is 42.8 Å². The lowest BCUT2D eigenvalue weighted by Gasteiger charge is -2.35. The standard InChI is InChI=1S/C25H26FN7O3/c26-21-14-18(33-16-19(36-25(33)35)4-6-22(27)34)3-5-20(21)17-2-7-23(30-15-17)31-10-12-32(13-11-31)24-28-8-1-9-29-24/h1-3,5,7-9,14-15,19H,4,6,10-13,16H2,(H2,27,34). The maximum Gasteiger partial charge on any atom is 0.414 e. The summed E-state index contributed by atoms with van der Waals surface area (Å²) < 4.78 is 20.3. The Morgan fingerprint density at radius 3 is 2.47 bits per heavy atom. The first-order chi connectivity index (χ1) is 17.5. The van der Waals surface area contributed by atoms with E-state index in [9.17, 15) is 9.59 Å². The molecule has 0 aliphatic carbocycles. The molecule has 1 aromatic carbocycles. The predicted octanol–water partition coefficient (Wildman–Crippen LogP) is 2.59. The Morgan fingerprint density at radius 1 is 1.06 bits per heavy atom. The molecule has 2 fully saturated rings. The zero-order chi connectivity index (χ0) is 25.1. The van der Waals surface area contributed by atoms with Gasteiger partial charge in [0.1, 0.15) is 17.7 Å². The largest absolute Gasteiger partial charge is 0.444 e. The van der Waals surface area contributed by atoms with Crippen LogP contribution in [-0.2, 0) is 9.53 Å². The molecule has 3 aromatic rings. The number of cyclic esters (lactones) is 1. The van der Waals surface area contributed by atoms with E-state index in [4.69, 9.17) is 10.5 Å². The number of primary amides is 1. The zero-order valence-electron chi connectivity index (χ0n) is 19.6. The number of ether oxygens (including phenoxy) is 1. The van der Waals surface area contributed by atoms with Crippen molar-refractivity contribution >= 4 is 29.5 Å². The molecule has 2 saturated heterocycles. The summed E-state index contributed by atoms with van der Waals surface area (Å²) in [5.74, 6) is 0.629. The summed E-state index contributed by atoms with van der Waals surface area (Å²) >= 11 is 0. The Labute approximate surface area is 207 Å². The van der Waals surface area contributed by atoms with Crippen LogP contribution in [-0.4, -0.2) is 65.8 Å². The molecule has 4 heterocycles. The van der Waals surface area contributed by atoms with Crippen LogP contribution in [0, 0.1) is 5.82 Å². The van der Waals surface area contributed by atoms with E-state index in [0.29, 0.717) is 23.2 Å². The fraction of sp³-hybridized carbons (Fsp3) is 0.320. The highest BCUT2D eigenvalue weighted by Crippen LogP contribution is 2.30. The number of carbonyl (C=O) groups is 2. The van der Waals surface area contributed by atoms with Gasteiger partial charge in [0, 0.05) is 62.3 Å². The van der Waals surface area contributed by atoms with Gasteiger partial charge in [-0.2, -0.15) is 0 Å². The minimum Gasteiger partial charge on any atom is -0.444 e. The number of benzene rings is 1. The number of aromatic nitrogens is 3. The van der Waals surface area contributed by atoms with Crippen molar-refractivity contribution in [2.24, 2.45) is 5.73 Å². The van der Waals surface area contributed by atoms with Crippen LogP contribution < -0.4 is 20.4 Å². The topological polar surface area (TPSA) is 118 Å². The Morgan fingerprint density at radius 2 is 1.81 bits per heavy atom. The summed E-state index contributed by atoms with van der Waals surface area (Å²) in [7, 11) is 0. The lowest BCUT2D eigenvalue weighted by Crippen LogP contribution is -2.47. The highest BCUT2D eigenvalue weighted by atomic mass is 19.1. The van der Waals surface area contributed by atoms with Gasteiger partial charge in [-0.25, -0.2) is 24.1 Å². The van der Waals surface area contributed by atoms with Crippen LogP contribution in [0.25, 0.3) is 11.1 Å². The van der Waals surface area contributed by atoms with Gasteiger partial charge < -0.3 is 20.3 Å².